The van der Waals surface area contributed by atoms with Crippen LogP contribution in [0.2, 0.25) is 0 Å². The van der Waals surface area contributed by atoms with Gasteiger partial charge in [0.2, 0.25) is 0 Å². The molecular weight excluding hydrogens is 574 g/mol. The van der Waals surface area contributed by atoms with Gasteiger partial charge in [-0.3, -0.25) is 0 Å². The maximum absolute atomic E-state index is 6.72. The molecule has 0 bridgehead atoms. The molecule has 0 saturated carbocycles. The van der Waals surface area contributed by atoms with Crippen LogP contribution in [-0.2, 0) is 0 Å². The monoisotopic (exact) mass is 601 g/mol. The molecule has 10 rings (SSSR count). The van der Waals surface area contributed by atoms with Gasteiger partial charge in [0.15, 0.2) is 5.58 Å². The van der Waals surface area contributed by atoms with Crippen molar-refractivity contribution >= 4 is 54.9 Å². The van der Waals surface area contributed by atoms with E-state index in [-0.39, 0.29) is 0 Å². The molecule has 0 N–H and O–H groups in total. The minimum absolute atomic E-state index is 0.876. The van der Waals surface area contributed by atoms with Crippen molar-refractivity contribution in [1.82, 2.24) is 4.57 Å². The van der Waals surface area contributed by atoms with Crippen molar-refractivity contribution in [3.05, 3.63) is 164 Å². The predicted octanol–water partition coefficient (Wildman–Crippen LogP) is 12.4. The first-order chi connectivity index (χ1) is 23.3. The Morgan fingerprint density at radius 3 is 1.74 bits per heavy atom. The third-order valence-corrected chi connectivity index (χ3v) is 9.41. The number of rotatable bonds is 4. The first kappa shape index (κ1) is 26.0. The fourth-order valence-electron chi connectivity index (χ4n) is 7.25. The second-order valence-corrected chi connectivity index (χ2v) is 12.1. The molecule has 3 nitrogen and oxygen atoms in total. The van der Waals surface area contributed by atoms with E-state index in [4.69, 9.17) is 8.83 Å². The lowest BCUT2D eigenvalue weighted by Crippen LogP contribution is -1.92. The first-order valence-corrected chi connectivity index (χ1v) is 15.9. The van der Waals surface area contributed by atoms with Gasteiger partial charge < -0.3 is 13.4 Å². The molecular formula is C44H27NO2. The maximum Gasteiger partial charge on any atom is 0.161 e. The van der Waals surface area contributed by atoms with Crippen LogP contribution in [0.3, 0.4) is 0 Å². The van der Waals surface area contributed by atoms with Crippen molar-refractivity contribution in [3.8, 4) is 39.1 Å². The highest BCUT2D eigenvalue weighted by Gasteiger charge is 2.20. The number of aromatic nitrogens is 1. The lowest BCUT2D eigenvalue weighted by atomic mass is 9.97. The van der Waals surface area contributed by atoms with Crippen LogP contribution >= 0.6 is 0 Å². The van der Waals surface area contributed by atoms with Crippen LogP contribution in [0.15, 0.2) is 173 Å². The normalized spacial score (nSPS) is 11.8. The van der Waals surface area contributed by atoms with Crippen molar-refractivity contribution in [3.63, 3.8) is 0 Å². The molecule has 3 aromatic heterocycles. The van der Waals surface area contributed by atoms with Crippen LogP contribution in [0.1, 0.15) is 0 Å². The highest BCUT2D eigenvalue weighted by atomic mass is 16.3. The summed E-state index contributed by atoms with van der Waals surface area (Å²) < 4.78 is 15.7. The number of nitrogens with zero attached hydrogens (tertiary/aromatic N) is 1. The van der Waals surface area contributed by atoms with Gasteiger partial charge in [0.25, 0.3) is 0 Å². The molecule has 220 valence electrons. The number of fused-ring (bicyclic) bond motifs is 8. The maximum atomic E-state index is 6.72. The molecule has 0 aliphatic rings. The summed E-state index contributed by atoms with van der Waals surface area (Å²) in [5.41, 5.74) is 13.6. The van der Waals surface area contributed by atoms with E-state index in [1.807, 2.05) is 6.07 Å². The van der Waals surface area contributed by atoms with Gasteiger partial charge in [-0.1, -0.05) is 121 Å². The highest BCUT2D eigenvalue weighted by molar-refractivity contribution is 6.17. The number of hydrogen-bond donors (Lipinski definition) is 0. The Bertz CT molecular complexity index is 2780. The van der Waals surface area contributed by atoms with E-state index in [9.17, 15) is 0 Å². The number of furan rings is 2. The Balaban J connectivity index is 1.12. The zero-order valence-electron chi connectivity index (χ0n) is 25.4. The summed E-state index contributed by atoms with van der Waals surface area (Å²) in [7, 11) is 0. The van der Waals surface area contributed by atoms with Gasteiger partial charge in [-0.05, 0) is 64.7 Å². The second kappa shape index (κ2) is 10.1. The van der Waals surface area contributed by atoms with E-state index >= 15 is 0 Å². The standard InChI is InChI=1S/C44H27NO2/c1-3-12-28(13-4-1)33-19-10-21-35-36-22-11-20-34(43(36)47-42(33)35)31-15-9-14-29(26-31)30-24-25-38-40(27-30)46-44-37-18-7-8-23-39(37)45(41(38)44)32-16-5-2-6-17-32/h1-27H. The highest BCUT2D eigenvalue weighted by Crippen LogP contribution is 2.42. The van der Waals surface area contributed by atoms with Gasteiger partial charge in [0.05, 0.1) is 5.52 Å². The van der Waals surface area contributed by atoms with Crippen LogP contribution in [0.25, 0.3) is 94.0 Å². The summed E-state index contributed by atoms with van der Waals surface area (Å²) in [5, 5.41) is 4.46. The molecule has 0 radical (unpaired) electrons. The van der Waals surface area contributed by atoms with E-state index in [1.54, 1.807) is 0 Å². The zero-order valence-corrected chi connectivity index (χ0v) is 25.4. The molecule has 10 aromatic rings. The summed E-state index contributed by atoms with van der Waals surface area (Å²) in [6.07, 6.45) is 0. The second-order valence-electron chi connectivity index (χ2n) is 12.1. The van der Waals surface area contributed by atoms with Crippen LogP contribution < -0.4 is 0 Å². The summed E-state index contributed by atoms with van der Waals surface area (Å²) in [5.74, 6) is 0. The Hall–Kier alpha value is -6.32. The molecule has 0 aliphatic carbocycles. The van der Waals surface area contributed by atoms with Gasteiger partial charge in [0, 0.05) is 38.4 Å². The molecule has 0 fully saturated rings. The molecule has 7 aromatic carbocycles. The van der Waals surface area contributed by atoms with Crippen molar-refractivity contribution in [2.24, 2.45) is 0 Å². The summed E-state index contributed by atoms with van der Waals surface area (Å²) in [6.45, 7) is 0. The van der Waals surface area contributed by atoms with E-state index in [2.05, 4.69) is 162 Å². The average Bonchev–Trinajstić information content (AvgIpc) is 3.81. The Labute approximate surface area is 270 Å². The predicted molar refractivity (Wildman–Crippen MR) is 194 cm³/mol. The van der Waals surface area contributed by atoms with Crippen molar-refractivity contribution < 1.29 is 8.83 Å². The van der Waals surface area contributed by atoms with Crippen LogP contribution in [0.4, 0.5) is 0 Å². The van der Waals surface area contributed by atoms with Gasteiger partial charge in [-0.2, -0.15) is 0 Å². The van der Waals surface area contributed by atoms with Crippen LogP contribution in [-0.4, -0.2) is 4.57 Å². The lowest BCUT2D eigenvalue weighted by Gasteiger charge is -2.08. The van der Waals surface area contributed by atoms with E-state index < -0.39 is 0 Å². The molecule has 0 unspecified atom stereocenters. The minimum Gasteiger partial charge on any atom is -0.455 e. The van der Waals surface area contributed by atoms with E-state index in [0.717, 1.165) is 94.0 Å². The summed E-state index contributed by atoms with van der Waals surface area (Å²) in [4.78, 5) is 0. The van der Waals surface area contributed by atoms with Crippen LogP contribution in [0.5, 0.6) is 0 Å². The summed E-state index contributed by atoms with van der Waals surface area (Å²) >= 11 is 0. The van der Waals surface area contributed by atoms with Gasteiger partial charge in [-0.25, -0.2) is 0 Å². The molecule has 47 heavy (non-hydrogen) atoms. The van der Waals surface area contributed by atoms with Crippen molar-refractivity contribution in [1.29, 1.82) is 0 Å². The molecule has 0 amide bonds. The summed E-state index contributed by atoms with van der Waals surface area (Å²) in [6, 6.07) is 57.6. The SMILES string of the molecule is c1ccc(-c2cccc3c2oc2c(-c4cccc(-c5ccc6c(c5)oc5c7ccccc7n(-c7ccccc7)c65)c4)cccc23)cc1. The van der Waals surface area contributed by atoms with Gasteiger partial charge >= 0.3 is 0 Å². The molecule has 3 heterocycles. The fourth-order valence-corrected chi connectivity index (χ4v) is 7.25. The molecule has 3 heteroatoms. The van der Waals surface area contributed by atoms with Gasteiger partial charge in [-0.15, -0.1) is 0 Å². The average molecular weight is 602 g/mol. The van der Waals surface area contributed by atoms with E-state index in [0.29, 0.717) is 0 Å². The third-order valence-electron chi connectivity index (χ3n) is 9.41. The fraction of sp³-hybridized carbons (Fsp3) is 0. The number of benzene rings is 7. The Morgan fingerprint density at radius 2 is 0.957 bits per heavy atom. The quantitative estimate of drug-likeness (QED) is 0.201. The first-order valence-electron chi connectivity index (χ1n) is 15.9. The molecule has 0 spiro atoms. The molecule has 0 atom stereocenters. The topological polar surface area (TPSA) is 31.2 Å². The lowest BCUT2D eigenvalue weighted by molar-refractivity contribution is 0.671. The Morgan fingerprint density at radius 1 is 0.362 bits per heavy atom. The van der Waals surface area contributed by atoms with Crippen molar-refractivity contribution in [2.75, 3.05) is 0 Å². The molecule has 0 saturated heterocycles. The number of hydrogen-bond acceptors (Lipinski definition) is 2. The van der Waals surface area contributed by atoms with Crippen molar-refractivity contribution in [2.45, 2.75) is 0 Å². The molecule has 0 aliphatic heterocycles. The zero-order chi connectivity index (χ0) is 30.9. The smallest absolute Gasteiger partial charge is 0.161 e. The minimum atomic E-state index is 0.876. The third kappa shape index (κ3) is 3.93. The van der Waals surface area contributed by atoms with E-state index in [1.165, 1.54) is 0 Å². The van der Waals surface area contributed by atoms with Gasteiger partial charge in [0.1, 0.15) is 22.3 Å². The largest absolute Gasteiger partial charge is 0.455 e. The Kier molecular flexibility index (Phi) is 5.57. The number of para-hydroxylation sites is 4. The van der Waals surface area contributed by atoms with Crippen LogP contribution in [0, 0.1) is 0 Å².